The van der Waals surface area contributed by atoms with Gasteiger partial charge in [-0.15, -0.1) is 0 Å². The zero-order valence-electron chi connectivity index (χ0n) is 14.0. The second-order valence-electron chi connectivity index (χ2n) is 7.57. The standard InChI is InChI=1S/C18H31N3/c1-13-11-16(21-18(2,3)4)9-10-17(13)20-12-14-5-7-15(19)8-6-14/h9-11,14-15,20-21H,5-8,12,19H2,1-4H3/t14-,15-. The van der Waals surface area contributed by atoms with Crippen molar-refractivity contribution in [2.45, 2.75) is 65.0 Å². The molecule has 0 aliphatic heterocycles. The quantitative estimate of drug-likeness (QED) is 0.781. The van der Waals surface area contributed by atoms with Crippen LogP contribution in [0.4, 0.5) is 11.4 Å². The number of aryl methyl sites for hydroxylation is 1. The van der Waals surface area contributed by atoms with Crippen molar-refractivity contribution in [1.29, 1.82) is 0 Å². The van der Waals surface area contributed by atoms with Gasteiger partial charge in [0.05, 0.1) is 0 Å². The first-order valence-corrected chi connectivity index (χ1v) is 8.22. The third-order valence-electron chi connectivity index (χ3n) is 4.22. The zero-order chi connectivity index (χ0) is 15.5. The Morgan fingerprint density at radius 1 is 1.14 bits per heavy atom. The van der Waals surface area contributed by atoms with E-state index in [1.54, 1.807) is 0 Å². The van der Waals surface area contributed by atoms with Crippen LogP contribution >= 0.6 is 0 Å². The molecule has 118 valence electrons. The van der Waals surface area contributed by atoms with Crippen LogP contribution in [0.5, 0.6) is 0 Å². The average Bonchev–Trinajstić information content (AvgIpc) is 2.38. The molecular weight excluding hydrogens is 258 g/mol. The molecule has 0 bridgehead atoms. The van der Waals surface area contributed by atoms with Crippen molar-refractivity contribution in [3.05, 3.63) is 23.8 Å². The molecule has 0 saturated heterocycles. The lowest BCUT2D eigenvalue weighted by molar-refractivity contribution is 0.339. The number of rotatable bonds is 4. The maximum atomic E-state index is 5.97. The molecular formula is C18H31N3. The van der Waals surface area contributed by atoms with E-state index in [1.807, 2.05) is 0 Å². The van der Waals surface area contributed by atoms with Gasteiger partial charge >= 0.3 is 0 Å². The molecule has 3 heteroatoms. The van der Waals surface area contributed by atoms with E-state index in [1.165, 1.54) is 42.6 Å². The molecule has 1 aliphatic rings. The minimum absolute atomic E-state index is 0.0995. The average molecular weight is 289 g/mol. The molecule has 21 heavy (non-hydrogen) atoms. The lowest BCUT2D eigenvalue weighted by Gasteiger charge is -2.27. The largest absolute Gasteiger partial charge is 0.385 e. The summed E-state index contributed by atoms with van der Waals surface area (Å²) in [6.45, 7) is 9.79. The molecule has 3 nitrogen and oxygen atoms in total. The van der Waals surface area contributed by atoms with E-state index in [9.17, 15) is 0 Å². The predicted molar refractivity (Wildman–Crippen MR) is 93.0 cm³/mol. The van der Waals surface area contributed by atoms with E-state index in [2.05, 4.69) is 56.5 Å². The van der Waals surface area contributed by atoms with E-state index in [0.717, 1.165) is 12.5 Å². The third-order valence-corrected chi connectivity index (χ3v) is 4.22. The second kappa shape index (κ2) is 6.69. The smallest absolute Gasteiger partial charge is 0.0371 e. The highest BCUT2D eigenvalue weighted by Crippen LogP contribution is 2.26. The van der Waals surface area contributed by atoms with E-state index in [4.69, 9.17) is 5.73 Å². The summed E-state index contributed by atoms with van der Waals surface area (Å²) in [5.41, 5.74) is 9.81. The van der Waals surface area contributed by atoms with Crippen molar-refractivity contribution < 1.29 is 0 Å². The van der Waals surface area contributed by atoms with Crippen molar-refractivity contribution in [3.63, 3.8) is 0 Å². The minimum Gasteiger partial charge on any atom is -0.385 e. The van der Waals surface area contributed by atoms with Gasteiger partial charge in [0.1, 0.15) is 0 Å². The Hall–Kier alpha value is -1.22. The topological polar surface area (TPSA) is 50.1 Å². The number of hydrogen-bond donors (Lipinski definition) is 3. The van der Waals surface area contributed by atoms with E-state index >= 15 is 0 Å². The number of anilines is 2. The summed E-state index contributed by atoms with van der Waals surface area (Å²) in [5.74, 6) is 0.775. The molecule has 2 rings (SSSR count). The van der Waals surface area contributed by atoms with Crippen molar-refractivity contribution in [1.82, 2.24) is 0 Å². The zero-order valence-corrected chi connectivity index (χ0v) is 14.0. The lowest BCUT2D eigenvalue weighted by Crippen LogP contribution is -2.29. The maximum Gasteiger partial charge on any atom is 0.0371 e. The van der Waals surface area contributed by atoms with Gasteiger partial charge in [0.15, 0.2) is 0 Å². The molecule has 0 atom stereocenters. The molecule has 1 fully saturated rings. The van der Waals surface area contributed by atoms with Crippen LogP contribution in [0.15, 0.2) is 18.2 Å². The molecule has 1 aliphatic carbocycles. The van der Waals surface area contributed by atoms with Crippen LogP contribution in [0.3, 0.4) is 0 Å². The highest BCUT2D eigenvalue weighted by molar-refractivity contribution is 5.59. The molecule has 0 aromatic heterocycles. The van der Waals surface area contributed by atoms with E-state index in [-0.39, 0.29) is 5.54 Å². The van der Waals surface area contributed by atoms with Crippen molar-refractivity contribution >= 4 is 11.4 Å². The fraction of sp³-hybridized carbons (Fsp3) is 0.667. The van der Waals surface area contributed by atoms with Crippen LogP contribution in [0, 0.1) is 12.8 Å². The fourth-order valence-electron chi connectivity index (χ4n) is 3.02. The third kappa shape index (κ3) is 5.24. The van der Waals surface area contributed by atoms with Gasteiger partial charge in [0.2, 0.25) is 0 Å². The van der Waals surface area contributed by atoms with Crippen LogP contribution in [-0.2, 0) is 0 Å². The van der Waals surface area contributed by atoms with Crippen molar-refractivity contribution in [2.75, 3.05) is 17.2 Å². The number of benzene rings is 1. The number of nitrogens with two attached hydrogens (primary N) is 1. The summed E-state index contributed by atoms with van der Waals surface area (Å²) in [7, 11) is 0. The molecule has 1 saturated carbocycles. The first-order valence-electron chi connectivity index (χ1n) is 8.22. The predicted octanol–water partition coefficient (Wildman–Crippen LogP) is 4.13. The molecule has 1 aromatic carbocycles. The Bertz CT molecular complexity index is 454. The number of hydrogen-bond acceptors (Lipinski definition) is 3. The summed E-state index contributed by atoms with van der Waals surface area (Å²) in [4.78, 5) is 0. The number of nitrogens with one attached hydrogen (secondary N) is 2. The molecule has 0 amide bonds. The normalized spacial score (nSPS) is 22.9. The summed E-state index contributed by atoms with van der Waals surface area (Å²) in [5, 5.41) is 7.14. The highest BCUT2D eigenvalue weighted by Gasteiger charge is 2.18. The second-order valence-corrected chi connectivity index (χ2v) is 7.57. The summed E-state index contributed by atoms with van der Waals surface area (Å²) in [6, 6.07) is 7.02. The van der Waals surface area contributed by atoms with Crippen LogP contribution < -0.4 is 16.4 Å². The van der Waals surface area contributed by atoms with Gasteiger partial charge < -0.3 is 16.4 Å². The van der Waals surface area contributed by atoms with Gasteiger partial charge in [-0.25, -0.2) is 0 Å². The highest BCUT2D eigenvalue weighted by atomic mass is 15.0. The van der Waals surface area contributed by atoms with Crippen molar-refractivity contribution in [3.8, 4) is 0 Å². The van der Waals surface area contributed by atoms with Gasteiger partial charge in [-0.3, -0.25) is 0 Å². The van der Waals surface area contributed by atoms with Gasteiger partial charge in [-0.1, -0.05) is 0 Å². The SMILES string of the molecule is Cc1cc(NC(C)(C)C)ccc1NC[C@H]1CC[C@H](N)CC1. The first-order chi connectivity index (χ1) is 9.83. The molecule has 0 radical (unpaired) electrons. The van der Waals surface area contributed by atoms with Crippen LogP contribution in [-0.4, -0.2) is 18.1 Å². The summed E-state index contributed by atoms with van der Waals surface area (Å²) < 4.78 is 0. The molecule has 0 unspecified atom stereocenters. The summed E-state index contributed by atoms with van der Waals surface area (Å²) >= 11 is 0. The monoisotopic (exact) mass is 289 g/mol. The van der Waals surface area contributed by atoms with E-state index in [0.29, 0.717) is 6.04 Å². The molecule has 4 N–H and O–H groups in total. The Labute approximate surface area is 129 Å². The van der Waals surface area contributed by atoms with Crippen LogP contribution in [0.25, 0.3) is 0 Å². The van der Waals surface area contributed by atoms with Gasteiger partial charge in [-0.2, -0.15) is 0 Å². The Balaban J connectivity index is 1.89. The van der Waals surface area contributed by atoms with Crippen molar-refractivity contribution in [2.24, 2.45) is 11.7 Å². The van der Waals surface area contributed by atoms with Gasteiger partial charge in [-0.05, 0) is 83.1 Å². The Morgan fingerprint density at radius 3 is 2.38 bits per heavy atom. The Kier molecular flexibility index (Phi) is 5.15. The molecule has 0 heterocycles. The summed E-state index contributed by atoms with van der Waals surface area (Å²) in [6.07, 6.45) is 4.88. The van der Waals surface area contributed by atoms with Crippen LogP contribution in [0.2, 0.25) is 0 Å². The molecule has 1 aromatic rings. The van der Waals surface area contributed by atoms with Crippen LogP contribution in [0.1, 0.15) is 52.0 Å². The van der Waals surface area contributed by atoms with Gasteiger partial charge in [0.25, 0.3) is 0 Å². The maximum absolute atomic E-state index is 5.97. The molecule has 0 spiro atoms. The van der Waals surface area contributed by atoms with Gasteiger partial charge in [0, 0.05) is 29.5 Å². The Morgan fingerprint density at radius 2 is 1.81 bits per heavy atom. The van der Waals surface area contributed by atoms with E-state index < -0.39 is 0 Å². The fourth-order valence-corrected chi connectivity index (χ4v) is 3.02. The lowest BCUT2D eigenvalue weighted by atomic mass is 9.86. The first kappa shape index (κ1) is 16.2. The minimum atomic E-state index is 0.0995.